The molecule has 17 heavy (non-hydrogen) atoms. The minimum atomic E-state index is 0.773. The molecule has 0 saturated carbocycles. The van der Waals surface area contributed by atoms with Gasteiger partial charge in [-0.25, -0.2) is 0 Å². The molecule has 3 rings (SSSR count). The van der Waals surface area contributed by atoms with Crippen LogP contribution in [0.1, 0.15) is 29.5 Å². The summed E-state index contributed by atoms with van der Waals surface area (Å²) in [6.45, 7) is 7.19. The first-order valence-corrected chi connectivity index (χ1v) is 7.70. The maximum atomic E-state index is 3.67. The fraction of sp³-hybridized carbons (Fsp3) is 0.714. The number of hydrogen-bond acceptors (Lipinski definition) is 3. The average Bonchev–Trinajstić information content (AvgIpc) is 2.94. The minimum absolute atomic E-state index is 0.773. The van der Waals surface area contributed by atoms with Crippen LogP contribution in [0.2, 0.25) is 0 Å². The van der Waals surface area contributed by atoms with Crippen LogP contribution in [0.25, 0.3) is 0 Å². The summed E-state index contributed by atoms with van der Waals surface area (Å²) < 4.78 is 0. The van der Waals surface area contributed by atoms with E-state index < -0.39 is 0 Å². The smallest absolute Gasteiger partial charge is 0.0328 e. The molecule has 2 atom stereocenters. The lowest BCUT2D eigenvalue weighted by Crippen LogP contribution is -2.40. The first kappa shape index (κ1) is 11.7. The Morgan fingerprint density at radius 2 is 2.24 bits per heavy atom. The predicted molar refractivity (Wildman–Crippen MR) is 73.5 cm³/mol. The highest BCUT2D eigenvalue weighted by molar-refractivity contribution is 7.11. The van der Waals surface area contributed by atoms with Gasteiger partial charge in [-0.15, -0.1) is 11.3 Å². The number of hydrogen-bond donors (Lipinski definition) is 1. The minimum Gasteiger partial charge on any atom is -0.312 e. The topological polar surface area (TPSA) is 15.3 Å². The van der Waals surface area contributed by atoms with Crippen LogP contribution < -0.4 is 5.32 Å². The molecule has 0 radical (unpaired) electrons. The number of thiophene rings is 1. The third-order valence-electron chi connectivity index (χ3n) is 4.12. The lowest BCUT2D eigenvalue weighted by Gasteiger charge is -2.24. The summed E-state index contributed by atoms with van der Waals surface area (Å²) in [6, 6.07) is 5.38. The van der Waals surface area contributed by atoms with E-state index in [2.05, 4.69) is 29.3 Å². The fourth-order valence-electron chi connectivity index (χ4n) is 3.18. The van der Waals surface area contributed by atoms with E-state index in [-0.39, 0.29) is 0 Å². The van der Waals surface area contributed by atoms with Crippen LogP contribution in [0, 0.1) is 5.92 Å². The van der Waals surface area contributed by atoms with Gasteiger partial charge in [-0.05, 0) is 43.9 Å². The summed E-state index contributed by atoms with van der Waals surface area (Å²) in [5.74, 6) is 0.911. The highest BCUT2D eigenvalue weighted by Gasteiger charge is 2.33. The lowest BCUT2D eigenvalue weighted by atomic mass is 9.94. The second kappa shape index (κ2) is 5.09. The number of piperidine rings is 1. The standard InChI is InChI=1S/C14H22N2S/c1-2-12-5-6-13(17-12)9-16-8-11-4-3-7-15-14(11)10-16/h5-6,11,14-15H,2-4,7-10H2,1H3/t11-,14+/m0/s1. The predicted octanol–water partition coefficient (Wildman–Crippen LogP) is 2.49. The van der Waals surface area contributed by atoms with Crippen molar-refractivity contribution in [3.05, 3.63) is 21.9 Å². The molecule has 3 heteroatoms. The van der Waals surface area contributed by atoms with Crippen molar-refractivity contribution in [1.29, 1.82) is 0 Å². The zero-order valence-electron chi connectivity index (χ0n) is 10.6. The van der Waals surface area contributed by atoms with E-state index >= 15 is 0 Å². The monoisotopic (exact) mass is 250 g/mol. The van der Waals surface area contributed by atoms with Gasteiger partial charge in [0.25, 0.3) is 0 Å². The summed E-state index contributed by atoms with van der Waals surface area (Å²) >= 11 is 1.99. The molecule has 0 aromatic carbocycles. The van der Waals surface area contributed by atoms with Crippen molar-refractivity contribution in [2.24, 2.45) is 5.92 Å². The normalized spacial score (nSPS) is 29.5. The van der Waals surface area contributed by atoms with Gasteiger partial charge in [-0.2, -0.15) is 0 Å². The second-order valence-corrected chi connectivity index (χ2v) is 6.63. The van der Waals surface area contributed by atoms with Crippen LogP contribution in [0.5, 0.6) is 0 Å². The third kappa shape index (κ3) is 2.56. The molecule has 0 amide bonds. The summed E-state index contributed by atoms with van der Waals surface area (Å²) in [5.41, 5.74) is 0. The van der Waals surface area contributed by atoms with Crippen molar-refractivity contribution in [1.82, 2.24) is 10.2 Å². The van der Waals surface area contributed by atoms with Crippen LogP contribution >= 0.6 is 11.3 Å². The molecule has 2 fully saturated rings. The zero-order chi connectivity index (χ0) is 11.7. The third-order valence-corrected chi connectivity index (χ3v) is 5.33. The summed E-state index contributed by atoms with van der Waals surface area (Å²) in [4.78, 5) is 5.70. The molecule has 0 spiro atoms. The van der Waals surface area contributed by atoms with Crippen molar-refractivity contribution in [3.63, 3.8) is 0 Å². The maximum absolute atomic E-state index is 3.67. The summed E-state index contributed by atoms with van der Waals surface area (Å²) in [5, 5.41) is 3.67. The van der Waals surface area contributed by atoms with E-state index in [1.807, 2.05) is 11.3 Å². The van der Waals surface area contributed by atoms with Gasteiger partial charge in [0, 0.05) is 35.4 Å². The Bertz CT molecular complexity index is 360. The molecular weight excluding hydrogens is 228 g/mol. The van der Waals surface area contributed by atoms with Crippen LogP contribution in [0.4, 0.5) is 0 Å². The van der Waals surface area contributed by atoms with Gasteiger partial charge >= 0.3 is 0 Å². The Morgan fingerprint density at radius 3 is 3.00 bits per heavy atom. The van der Waals surface area contributed by atoms with E-state index in [9.17, 15) is 0 Å². The van der Waals surface area contributed by atoms with Crippen LogP contribution in [0.15, 0.2) is 12.1 Å². The molecule has 94 valence electrons. The fourth-order valence-corrected chi connectivity index (χ4v) is 4.18. The van der Waals surface area contributed by atoms with Gasteiger partial charge in [0.2, 0.25) is 0 Å². The molecular formula is C14H22N2S. The first-order chi connectivity index (χ1) is 8.35. The Hall–Kier alpha value is -0.380. The number of nitrogens with zero attached hydrogens (tertiary/aromatic N) is 1. The van der Waals surface area contributed by atoms with E-state index in [0.29, 0.717) is 0 Å². The van der Waals surface area contributed by atoms with Crippen LogP contribution in [-0.4, -0.2) is 30.6 Å². The Morgan fingerprint density at radius 1 is 1.35 bits per heavy atom. The molecule has 2 aliphatic heterocycles. The van der Waals surface area contributed by atoms with Crippen molar-refractivity contribution in [2.75, 3.05) is 19.6 Å². The summed E-state index contributed by atoms with van der Waals surface area (Å²) in [6.07, 6.45) is 3.98. The Labute approximate surface area is 108 Å². The molecule has 0 unspecified atom stereocenters. The number of fused-ring (bicyclic) bond motifs is 1. The molecule has 2 saturated heterocycles. The Kier molecular flexibility index (Phi) is 3.50. The van der Waals surface area contributed by atoms with Gasteiger partial charge < -0.3 is 5.32 Å². The first-order valence-electron chi connectivity index (χ1n) is 6.88. The molecule has 2 aliphatic rings. The molecule has 0 bridgehead atoms. The number of aryl methyl sites for hydroxylation is 1. The van der Waals surface area contributed by atoms with E-state index in [1.165, 1.54) is 50.3 Å². The van der Waals surface area contributed by atoms with Gasteiger partial charge in [0.15, 0.2) is 0 Å². The zero-order valence-corrected chi connectivity index (χ0v) is 11.4. The SMILES string of the molecule is CCc1ccc(CN2C[C@@H]3CCCN[C@@H]3C2)s1. The molecule has 1 aromatic rings. The lowest BCUT2D eigenvalue weighted by molar-refractivity contribution is 0.315. The van der Waals surface area contributed by atoms with E-state index in [4.69, 9.17) is 0 Å². The number of likely N-dealkylation sites (tertiary alicyclic amines) is 1. The molecule has 2 nitrogen and oxygen atoms in total. The van der Waals surface area contributed by atoms with Crippen LogP contribution in [0.3, 0.4) is 0 Å². The van der Waals surface area contributed by atoms with E-state index in [1.54, 1.807) is 4.88 Å². The number of nitrogens with one attached hydrogen (secondary N) is 1. The average molecular weight is 250 g/mol. The van der Waals surface area contributed by atoms with Gasteiger partial charge in [0.1, 0.15) is 0 Å². The van der Waals surface area contributed by atoms with Crippen molar-refractivity contribution in [3.8, 4) is 0 Å². The van der Waals surface area contributed by atoms with Gasteiger partial charge in [0.05, 0.1) is 0 Å². The van der Waals surface area contributed by atoms with Crippen molar-refractivity contribution >= 4 is 11.3 Å². The molecule has 1 aromatic heterocycles. The highest BCUT2D eigenvalue weighted by atomic mass is 32.1. The molecule has 0 aliphatic carbocycles. The molecule has 3 heterocycles. The van der Waals surface area contributed by atoms with Crippen molar-refractivity contribution < 1.29 is 0 Å². The Balaban J connectivity index is 1.59. The quantitative estimate of drug-likeness (QED) is 0.886. The molecule has 1 N–H and O–H groups in total. The second-order valence-electron chi connectivity index (χ2n) is 5.38. The summed E-state index contributed by atoms with van der Waals surface area (Å²) in [7, 11) is 0. The van der Waals surface area contributed by atoms with E-state index in [0.717, 1.165) is 12.0 Å². The largest absolute Gasteiger partial charge is 0.312 e. The number of rotatable bonds is 3. The maximum Gasteiger partial charge on any atom is 0.0328 e. The highest BCUT2D eigenvalue weighted by Crippen LogP contribution is 2.27. The van der Waals surface area contributed by atoms with Crippen LogP contribution in [-0.2, 0) is 13.0 Å². The van der Waals surface area contributed by atoms with Gasteiger partial charge in [-0.3, -0.25) is 4.90 Å². The van der Waals surface area contributed by atoms with Crippen molar-refractivity contribution in [2.45, 2.75) is 38.8 Å². The van der Waals surface area contributed by atoms with Gasteiger partial charge in [-0.1, -0.05) is 6.92 Å².